The summed E-state index contributed by atoms with van der Waals surface area (Å²) in [5.41, 5.74) is 2.67. The second-order valence-corrected chi connectivity index (χ2v) is 7.88. The minimum Gasteiger partial charge on any atom is -0.494 e. The molecule has 26 heavy (non-hydrogen) atoms. The van der Waals surface area contributed by atoms with Crippen LogP contribution in [0, 0.1) is 6.92 Å². The predicted octanol–water partition coefficient (Wildman–Crippen LogP) is 4.32. The molecule has 1 atom stereocenters. The van der Waals surface area contributed by atoms with Gasteiger partial charge in [0.05, 0.1) is 29.9 Å². The van der Waals surface area contributed by atoms with Crippen LogP contribution in [0.25, 0.3) is 0 Å². The molecule has 2 heterocycles. The fourth-order valence-corrected chi connectivity index (χ4v) is 3.76. The molecular formula is C21H29N3O2. The van der Waals surface area contributed by atoms with Gasteiger partial charge in [-0.2, -0.15) is 5.10 Å². The summed E-state index contributed by atoms with van der Waals surface area (Å²) in [5.74, 6) is 0.948. The lowest BCUT2D eigenvalue weighted by Gasteiger charge is -2.26. The van der Waals surface area contributed by atoms with Crippen molar-refractivity contribution in [3.8, 4) is 5.75 Å². The molecule has 5 heteroatoms. The van der Waals surface area contributed by atoms with Crippen LogP contribution >= 0.6 is 0 Å². The van der Waals surface area contributed by atoms with Crippen molar-refractivity contribution in [2.24, 2.45) is 0 Å². The number of rotatable bonds is 4. The van der Waals surface area contributed by atoms with Gasteiger partial charge in [0.2, 0.25) is 0 Å². The Morgan fingerprint density at radius 1 is 1.27 bits per heavy atom. The van der Waals surface area contributed by atoms with Crippen LogP contribution in [0.4, 0.5) is 0 Å². The first-order chi connectivity index (χ1) is 12.3. The highest BCUT2D eigenvalue weighted by Gasteiger charge is 2.33. The molecule has 1 aromatic heterocycles. The number of benzene rings is 1. The van der Waals surface area contributed by atoms with Crippen LogP contribution in [0.5, 0.6) is 5.75 Å². The SMILES string of the molecule is CCOc1ccc(C2CCCN2C(=O)c2cnn(C(C)(C)C)c2C)cc1. The number of ether oxygens (including phenoxy) is 1. The molecule has 1 saturated heterocycles. The quantitative estimate of drug-likeness (QED) is 0.820. The van der Waals surface area contributed by atoms with Gasteiger partial charge >= 0.3 is 0 Å². The van der Waals surface area contributed by atoms with Gasteiger partial charge in [-0.25, -0.2) is 0 Å². The van der Waals surface area contributed by atoms with E-state index in [2.05, 4.69) is 38.0 Å². The highest BCUT2D eigenvalue weighted by molar-refractivity contribution is 5.95. The minimum absolute atomic E-state index is 0.0781. The first-order valence-electron chi connectivity index (χ1n) is 9.41. The Balaban J connectivity index is 1.84. The number of amides is 1. The van der Waals surface area contributed by atoms with Crippen molar-refractivity contribution in [2.75, 3.05) is 13.2 Å². The first-order valence-corrected chi connectivity index (χ1v) is 9.41. The molecular weight excluding hydrogens is 326 g/mol. The summed E-state index contributed by atoms with van der Waals surface area (Å²) in [5, 5.41) is 4.46. The fourth-order valence-electron chi connectivity index (χ4n) is 3.76. The standard InChI is InChI=1S/C21H29N3O2/c1-6-26-17-11-9-16(10-12-17)19-8-7-13-23(19)20(25)18-14-22-24(15(18)2)21(3,4)5/h9-12,14,19H,6-8,13H2,1-5H3. The number of carbonyl (C=O) groups is 1. The average Bonchev–Trinajstić information content (AvgIpc) is 3.21. The zero-order chi connectivity index (χ0) is 18.9. The molecule has 3 rings (SSSR count). The molecule has 1 amide bonds. The third-order valence-electron chi connectivity index (χ3n) is 4.97. The number of nitrogens with zero attached hydrogens (tertiary/aromatic N) is 3. The van der Waals surface area contributed by atoms with Gasteiger partial charge in [0, 0.05) is 12.2 Å². The second-order valence-electron chi connectivity index (χ2n) is 7.88. The monoisotopic (exact) mass is 355 g/mol. The summed E-state index contributed by atoms with van der Waals surface area (Å²) < 4.78 is 7.46. The van der Waals surface area contributed by atoms with E-state index in [0.29, 0.717) is 12.2 Å². The molecule has 1 aliphatic heterocycles. The van der Waals surface area contributed by atoms with Crippen molar-refractivity contribution < 1.29 is 9.53 Å². The lowest BCUT2D eigenvalue weighted by atomic mass is 10.0. The Morgan fingerprint density at radius 2 is 1.96 bits per heavy atom. The lowest BCUT2D eigenvalue weighted by molar-refractivity contribution is 0.0734. The van der Waals surface area contributed by atoms with E-state index in [0.717, 1.165) is 30.8 Å². The Labute approximate surface area is 156 Å². The summed E-state index contributed by atoms with van der Waals surface area (Å²) in [6, 6.07) is 8.25. The van der Waals surface area contributed by atoms with Gasteiger partial charge in [0.25, 0.3) is 5.91 Å². The van der Waals surface area contributed by atoms with Crippen molar-refractivity contribution in [3.05, 3.63) is 47.3 Å². The van der Waals surface area contributed by atoms with Crippen LogP contribution in [0.3, 0.4) is 0 Å². The molecule has 0 radical (unpaired) electrons. The van der Waals surface area contributed by atoms with Crippen molar-refractivity contribution in [3.63, 3.8) is 0 Å². The Kier molecular flexibility index (Phi) is 5.08. The number of hydrogen-bond donors (Lipinski definition) is 0. The number of aromatic nitrogens is 2. The topological polar surface area (TPSA) is 47.4 Å². The van der Waals surface area contributed by atoms with E-state index in [-0.39, 0.29) is 17.5 Å². The number of carbonyl (C=O) groups excluding carboxylic acids is 1. The van der Waals surface area contributed by atoms with E-state index >= 15 is 0 Å². The Morgan fingerprint density at radius 3 is 2.54 bits per heavy atom. The summed E-state index contributed by atoms with van der Waals surface area (Å²) in [6.45, 7) is 11.7. The van der Waals surface area contributed by atoms with Crippen LogP contribution in [-0.4, -0.2) is 33.7 Å². The summed E-state index contributed by atoms with van der Waals surface area (Å²) >= 11 is 0. The van der Waals surface area contributed by atoms with Crippen molar-refractivity contribution in [1.82, 2.24) is 14.7 Å². The summed E-state index contributed by atoms with van der Waals surface area (Å²) in [6.07, 6.45) is 3.73. The highest BCUT2D eigenvalue weighted by Crippen LogP contribution is 2.34. The van der Waals surface area contributed by atoms with Crippen molar-refractivity contribution in [1.29, 1.82) is 0 Å². The van der Waals surface area contributed by atoms with Gasteiger partial charge in [-0.1, -0.05) is 12.1 Å². The first kappa shape index (κ1) is 18.5. The maximum Gasteiger partial charge on any atom is 0.257 e. The Hall–Kier alpha value is -2.30. The maximum absolute atomic E-state index is 13.2. The number of likely N-dealkylation sites (tertiary alicyclic amines) is 1. The molecule has 1 fully saturated rings. The third-order valence-corrected chi connectivity index (χ3v) is 4.97. The van der Waals surface area contributed by atoms with E-state index < -0.39 is 0 Å². The van der Waals surface area contributed by atoms with E-state index in [1.54, 1.807) is 6.20 Å². The molecule has 2 aromatic rings. The third kappa shape index (κ3) is 3.48. The molecule has 1 unspecified atom stereocenters. The van der Waals surface area contributed by atoms with E-state index in [1.807, 2.05) is 35.6 Å². The average molecular weight is 355 g/mol. The van der Waals surface area contributed by atoms with E-state index in [4.69, 9.17) is 4.74 Å². The predicted molar refractivity (Wildman–Crippen MR) is 103 cm³/mol. The maximum atomic E-state index is 13.2. The van der Waals surface area contributed by atoms with Gasteiger partial charge in [-0.05, 0) is 65.2 Å². The van der Waals surface area contributed by atoms with Crippen LogP contribution in [-0.2, 0) is 5.54 Å². The molecule has 0 saturated carbocycles. The molecule has 140 valence electrons. The lowest BCUT2D eigenvalue weighted by Crippen LogP contribution is -2.31. The second kappa shape index (κ2) is 7.14. The fraction of sp³-hybridized carbons (Fsp3) is 0.524. The summed E-state index contributed by atoms with van der Waals surface area (Å²) in [7, 11) is 0. The normalized spacial score (nSPS) is 17.6. The van der Waals surface area contributed by atoms with Crippen LogP contribution in [0.15, 0.2) is 30.5 Å². The van der Waals surface area contributed by atoms with Crippen LogP contribution < -0.4 is 4.74 Å². The van der Waals surface area contributed by atoms with Gasteiger partial charge in [0.1, 0.15) is 5.75 Å². The highest BCUT2D eigenvalue weighted by atomic mass is 16.5. The molecule has 0 bridgehead atoms. The molecule has 1 aliphatic rings. The van der Waals surface area contributed by atoms with Crippen molar-refractivity contribution in [2.45, 2.75) is 59.0 Å². The molecule has 0 aliphatic carbocycles. The van der Waals surface area contributed by atoms with Gasteiger partial charge in [-0.3, -0.25) is 9.48 Å². The molecule has 0 spiro atoms. The van der Waals surface area contributed by atoms with Crippen LogP contribution in [0.1, 0.15) is 68.2 Å². The van der Waals surface area contributed by atoms with E-state index in [1.165, 1.54) is 5.56 Å². The minimum atomic E-state index is -0.137. The van der Waals surface area contributed by atoms with Crippen LogP contribution in [0.2, 0.25) is 0 Å². The van der Waals surface area contributed by atoms with Gasteiger partial charge < -0.3 is 9.64 Å². The molecule has 1 aromatic carbocycles. The Bertz CT molecular complexity index is 772. The smallest absolute Gasteiger partial charge is 0.257 e. The zero-order valence-corrected chi connectivity index (χ0v) is 16.5. The van der Waals surface area contributed by atoms with E-state index in [9.17, 15) is 4.79 Å². The zero-order valence-electron chi connectivity index (χ0n) is 16.5. The van der Waals surface area contributed by atoms with Gasteiger partial charge in [0.15, 0.2) is 0 Å². The molecule has 5 nitrogen and oxygen atoms in total. The molecule has 0 N–H and O–H groups in total. The van der Waals surface area contributed by atoms with Crippen molar-refractivity contribution >= 4 is 5.91 Å². The largest absolute Gasteiger partial charge is 0.494 e. The summed E-state index contributed by atoms with van der Waals surface area (Å²) in [4.78, 5) is 15.2. The van der Waals surface area contributed by atoms with Gasteiger partial charge in [-0.15, -0.1) is 0 Å². The number of hydrogen-bond acceptors (Lipinski definition) is 3.